The number of rotatable bonds is 7. The topological polar surface area (TPSA) is 57.2 Å². The van der Waals surface area contributed by atoms with Gasteiger partial charge in [-0.1, -0.05) is 37.0 Å². The molecule has 0 saturated heterocycles. The van der Waals surface area contributed by atoms with Crippen LogP contribution in [0.5, 0.6) is 0 Å². The summed E-state index contributed by atoms with van der Waals surface area (Å²) in [7, 11) is 1.76. The molecule has 1 aromatic heterocycles. The summed E-state index contributed by atoms with van der Waals surface area (Å²) < 4.78 is 0. The number of nitrogens with one attached hydrogen (secondary N) is 2. The predicted molar refractivity (Wildman–Crippen MR) is 82.4 cm³/mol. The Balaban J connectivity index is 2.72. The second kappa shape index (κ2) is 7.17. The molecule has 0 aromatic carbocycles. The molecule has 0 saturated carbocycles. The Morgan fingerprint density at radius 2 is 1.89 bits per heavy atom. The fourth-order valence-corrected chi connectivity index (χ4v) is 2.25. The van der Waals surface area contributed by atoms with Crippen molar-refractivity contribution in [2.24, 2.45) is 5.41 Å². The second-order valence-electron chi connectivity index (χ2n) is 5.24. The fourth-order valence-electron chi connectivity index (χ4n) is 1.73. The minimum absolute atomic E-state index is 0.0627. The molecule has 0 atom stereocenters. The molecule has 0 aliphatic heterocycles. The van der Waals surface area contributed by atoms with Gasteiger partial charge < -0.3 is 15.7 Å². The van der Waals surface area contributed by atoms with E-state index in [0.29, 0.717) is 21.7 Å². The minimum Gasteiger partial charge on any atom is -0.396 e. The number of hydrogen-bond acceptors (Lipinski definition) is 4. The summed E-state index contributed by atoms with van der Waals surface area (Å²) in [5, 5.41) is 16.0. The molecular weight excluding hydrogens is 285 g/mol. The summed E-state index contributed by atoms with van der Waals surface area (Å²) in [5.41, 5.74) is 0.0627. The van der Waals surface area contributed by atoms with E-state index in [2.05, 4.69) is 29.5 Å². The summed E-state index contributed by atoms with van der Waals surface area (Å²) in [4.78, 5) is 4.34. The Morgan fingerprint density at radius 3 is 2.47 bits per heavy atom. The number of nitrogens with zero attached hydrogens (tertiary/aromatic N) is 1. The predicted octanol–water partition coefficient (Wildman–Crippen LogP) is 3.64. The molecule has 0 aliphatic rings. The van der Waals surface area contributed by atoms with Gasteiger partial charge in [-0.25, -0.2) is 4.98 Å². The maximum Gasteiger partial charge on any atom is 0.147 e. The zero-order valence-corrected chi connectivity index (χ0v) is 13.1. The molecule has 0 bridgehead atoms. The third-order valence-corrected chi connectivity index (χ3v) is 3.49. The number of aliphatic hydroxyl groups excluding tert-OH is 1. The summed E-state index contributed by atoms with van der Waals surface area (Å²) in [6.07, 6.45) is 1.72. The Hall–Kier alpha value is -0.710. The van der Waals surface area contributed by atoms with Crippen molar-refractivity contribution < 1.29 is 5.11 Å². The average Bonchev–Trinajstić information content (AvgIpc) is 2.35. The van der Waals surface area contributed by atoms with Crippen LogP contribution in [-0.4, -0.2) is 30.3 Å². The third-order valence-electron chi connectivity index (χ3n) is 2.91. The van der Waals surface area contributed by atoms with Crippen molar-refractivity contribution in [1.82, 2.24) is 4.98 Å². The highest BCUT2D eigenvalue weighted by molar-refractivity contribution is 6.37. The summed E-state index contributed by atoms with van der Waals surface area (Å²) >= 11 is 12.1. The van der Waals surface area contributed by atoms with E-state index >= 15 is 0 Å². The van der Waals surface area contributed by atoms with Gasteiger partial charge in [-0.3, -0.25) is 0 Å². The Morgan fingerprint density at radius 1 is 1.26 bits per heavy atom. The van der Waals surface area contributed by atoms with Gasteiger partial charge in [-0.2, -0.15) is 0 Å². The van der Waals surface area contributed by atoms with Crippen molar-refractivity contribution in [3.8, 4) is 0 Å². The van der Waals surface area contributed by atoms with Gasteiger partial charge >= 0.3 is 0 Å². The molecule has 0 radical (unpaired) electrons. The van der Waals surface area contributed by atoms with Crippen molar-refractivity contribution in [2.45, 2.75) is 26.7 Å². The first-order valence-electron chi connectivity index (χ1n) is 6.28. The average molecular weight is 306 g/mol. The molecule has 19 heavy (non-hydrogen) atoms. The molecule has 1 rings (SSSR count). The van der Waals surface area contributed by atoms with E-state index in [-0.39, 0.29) is 12.0 Å². The standard InChI is InChI=1S/C13H21Cl2N3O/c1-13(2,5-4-6-19)8-17-12-10(15)7-9(14)11(16-3)18-12/h7,19H,4-6,8H2,1-3H3,(H2,16,17,18). The SMILES string of the molecule is CNc1nc(NCC(C)(C)CCCO)c(Cl)cc1Cl. The van der Waals surface area contributed by atoms with Crippen molar-refractivity contribution in [1.29, 1.82) is 0 Å². The van der Waals surface area contributed by atoms with Gasteiger partial charge in [0.05, 0.1) is 10.0 Å². The molecule has 4 nitrogen and oxygen atoms in total. The van der Waals surface area contributed by atoms with Crippen LogP contribution in [0.4, 0.5) is 11.6 Å². The lowest BCUT2D eigenvalue weighted by Gasteiger charge is -2.25. The first kappa shape index (κ1) is 16.3. The highest BCUT2D eigenvalue weighted by atomic mass is 35.5. The van der Waals surface area contributed by atoms with Crippen molar-refractivity contribution in [3.63, 3.8) is 0 Å². The van der Waals surface area contributed by atoms with E-state index in [9.17, 15) is 0 Å². The molecular formula is C13H21Cl2N3O. The van der Waals surface area contributed by atoms with E-state index in [0.717, 1.165) is 19.4 Å². The molecule has 0 unspecified atom stereocenters. The second-order valence-corrected chi connectivity index (χ2v) is 6.06. The van der Waals surface area contributed by atoms with Gasteiger partial charge in [0.15, 0.2) is 0 Å². The Bertz CT molecular complexity index is 425. The van der Waals surface area contributed by atoms with E-state index < -0.39 is 0 Å². The van der Waals surface area contributed by atoms with E-state index in [1.807, 2.05) is 0 Å². The lowest BCUT2D eigenvalue weighted by atomic mass is 9.88. The van der Waals surface area contributed by atoms with Crippen LogP contribution in [0.1, 0.15) is 26.7 Å². The molecule has 0 aliphatic carbocycles. The molecule has 0 fully saturated rings. The third kappa shape index (κ3) is 5.05. The lowest BCUT2D eigenvalue weighted by molar-refractivity contribution is 0.248. The molecule has 0 amide bonds. The number of hydrogen-bond donors (Lipinski definition) is 3. The highest BCUT2D eigenvalue weighted by Crippen LogP contribution is 2.30. The number of aliphatic hydroxyl groups is 1. The monoisotopic (exact) mass is 305 g/mol. The number of pyridine rings is 1. The molecule has 108 valence electrons. The molecule has 6 heteroatoms. The van der Waals surface area contributed by atoms with Crippen molar-refractivity contribution in [2.75, 3.05) is 30.8 Å². The smallest absolute Gasteiger partial charge is 0.147 e. The van der Waals surface area contributed by atoms with Crippen LogP contribution in [-0.2, 0) is 0 Å². The summed E-state index contributed by atoms with van der Waals surface area (Å²) in [6, 6.07) is 1.67. The van der Waals surface area contributed by atoms with Gasteiger partial charge in [0.25, 0.3) is 0 Å². The molecule has 1 aromatic rings. The molecule has 3 N–H and O–H groups in total. The van der Waals surface area contributed by atoms with Crippen LogP contribution < -0.4 is 10.6 Å². The lowest BCUT2D eigenvalue weighted by Crippen LogP contribution is -2.24. The van der Waals surface area contributed by atoms with Crippen LogP contribution in [0.3, 0.4) is 0 Å². The normalized spacial score (nSPS) is 11.5. The maximum absolute atomic E-state index is 8.88. The zero-order valence-electron chi connectivity index (χ0n) is 11.6. The van der Waals surface area contributed by atoms with E-state index in [1.165, 1.54) is 0 Å². The van der Waals surface area contributed by atoms with E-state index in [4.69, 9.17) is 28.3 Å². The number of anilines is 2. The molecule has 0 spiro atoms. The van der Waals surface area contributed by atoms with Crippen LogP contribution >= 0.6 is 23.2 Å². The summed E-state index contributed by atoms with van der Waals surface area (Å²) in [6.45, 7) is 5.22. The van der Waals surface area contributed by atoms with Gasteiger partial charge in [0, 0.05) is 20.2 Å². The van der Waals surface area contributed by atoms with Crippen LogP contribution in [0.25, 0.3) is 0 Å². The minimum atomic E-state index is 0.0627. The van der Waals surface area contributed by atoms with Crippen LogP contribution in [0.15, 0.2) is 6.07 Å². The first-order valence-corrected chi connectivity index (χ1v) is 7.04. The number of halogens is 2. The van der Waals surface area contributed by atoms with Gasteiger partial charge in [-0.05, 0) is 24.3 Å². The van der Waals surface area contributed by atoms with Crippen LogP contribution in [0, 0.1) is 5.41 Å². The van der Waals surface area contributed by atoms with Gasteiger partial charge in [0.2, 0.25) is 0 Å². The summed E-state index contributed by atoms with van der Waals surface area (Å²) in [5.74, 6) is 1.22. The van der Waals surface area contributed by atoms with Crippen molar-refractivity contribution in [3.05, 3.63) is 16.1 Å². The van der Waals surface area contributed by atoms with Gasteiger partial charge in [-0.15, -0.1) is 0 Å². The van der Waals surface area contributed by atoms with E-state index in [1.54, 1.807) is 13.1 Å². The zero-order chi connectivity index (χ0) is 14.5. The Kier molecular flexibility index (Phi) is 6.17. The Labute approximate surface area is 124 Å². The quantitative estimate of drug-likeness (QED) is 0.720. The fraction of sp³-hybridized carbons (Fsp3) is 0.615. The molecule has 1 heterocycles. The number of aromatic nitrogens is 1. The first-order chi connectivity index (χ1) is 8.89. The largest absolute Gasteiger partial charge is 0.396 e. The van der Waals surface area contributed by atoms with Crippen LogP contribution in [0.2, 0.25) is 10.0 Å². The highest BCUT2D eigenvalue weighted by Gasteiger charge is 2.18. The van der Waals surface area contributed by atoms with Gasteiger partial charge in [0.1, 0.15) is 11.6 Å². The van der Waals surface area contributed by atoms with Crippen molar-refractivity contribution >= 4 is 34.8 Å². The maximum atomic E-state index is 8.88.